The average Bonchev–Trinajstić information content (AvgIpc) is 2.47. The van der Waals surface area contributed by atoms with Gasteiger partial charge in [0.05, 0.1) is 12.8 Å². The van der Waals surface area contributed by atoms with Crippen LogP contribution in [0.4, 0.5) is 0 Å². The highest BCUT2D eigenvalue weighted by atomic mass is 32.2. The number of nitrogens with two attached hydrogens (primary N) is 1. The number of benzene rings is 2. The average molecular weight is 351 g/mol. The smallest absolute Gasteiger partial charge is 0.382 e. The maximum Gasteiger partial charge on any atom is 0.382 e. The van der Waals surface area contributed by atoms with E-state index in [1.807, 2.05) is 18.2 Å². The van der Waals surface area contributed by atoms with Crippen molar-refractivity contribution in [3.8, 4) is 0 Å². The van der Waals surface area contributed by atoms with Crippen LogP contribution >= 0.6 is 0 Å². The fourth-order valence-electron chi connectivity index (χ4n) is 1.69. The highest BCUT2D eigenvalue weighted by Crippen LogP contribution is 2.01. The van der Waals surface area contributed by atoms with Crippen LogP contribution in [-0.4, -0.2) is 25.5 Å². The van der Waals surface area contributed by atoms with Crippen molar-refractivity contribution < 1.29 is 27.3 Å². The van der Waals surface area contributed by atoms with Gasteiger partial charge in [-0.25, -0.2) is 0 Å². The minimum atomic E-state index is -4.19. The van der Waals surface area contributed by atoms with Gasteiger partial charge in [0.1, 0.15) is 0 Å². The SMILES string of the molecule is NS(=O)(=O)OC(=O)Cc1ccccc1.O=C(O)Cc1ccccc1. The molecule has 0 aliphatic carbocycles. The van der Waals surface area contributed by atoms with Crippen molar-refractivity contribution in [2.75, 3.05) is 0 Å². The van der Waals surface area contributed by atoms with Gasteiger partial charge < -0.3 is 9.29 Å². The van der Waals surface area contributed by atoms with E-state index < -0.39 is 22.2 Å². The summed E-state index contributed by atoms with van der Waals surface area (Å²) in [5.41, 5.74) is 1.51. The van der Waals surface area contributed by atoms with Gasteiger partial charge in [-0.3, -0.25) is 9.59 Å². The lowest BCUT2D eigenvalue weighted by atomic mass is 10.2. The molecule has 0 spiro atoms. The molecule has 24 heavy (non-hydrogen) atoms. The van der Waals surface area contributed by atoms with Crippen molar-refractivity contribution in [2.24, 2.45) is 5.14 Å². The zero-order chi connectivity index (χ0) is 18.0. The van der Waals surface area contributed by atoms with Crippen molar-refractivity contribution >= 4 is 22.2 Å². The minimum Gasteiger partial charge on any atom is -0.481 e. The first-order valence-corrected chi connectivity index (χ1v) is 8.28. The second kappa shape index (κ2) is 9.43. The molecule has 0 aliphatic rings. The predicted molar refractivity (Wildman–Crippen MR) is 87.1 cm³/mol. The van der Waals surface area contributed by atoms with Gasteiger partial charge in [0.25, 0.3) is 0 Å². The molecule has 0 amide bonds. The number of rotatable bonds is 5. The molecule has 2 aromatic carbocycles. The Morgan fingerprint density at radius 3 is 1.67 bits per heavy atom. The summed E-state index contributed by atoms with van der Waals surface area (Å²) in [7, 11) is -4.19. The molecular weight excluding hydrogens is 334 g/mol. The van der Waals surface area contributed by atoms with Crippen LogP contribution in [0.1, 0.15) is 11.1 Å². The Balaban J connectivity index is 0.000000254. The van der Waals surface area contributed by atoms with Gasteiger partial charge in [0.2, 0.25) is 0 Å². The van der Waals surface area contributed by atoms with Crippen molar-refractivity contribution in [1.29, 1.82) is 0 Å². The van der Waals surface area contributed by atoms with Crippen molar-refractivity contribution in [3.05, 3.63) is 71.8 Å². The van der Waals surface area contributed by atoms with Crippen LogP contribution in [0.3, 0.4) is 0 Å². The molecule has 0 radical (unpaired) electrons. The van der Waals surface area contributed by atoms with E-state index in [0.717, 1.165) is 5.56 Å². The maximum atomic E-state index is 10.9. The van der Waals surface area contributed by atoms with E-state index in [9.17, 15) is 18.0 Å². The molecule has 2 rings (SSSR count). The number of aliphatic carboxylic acids is 1. The number of hydrogen-bond donors (Lipinski definition) is 2. The number of carboxylic acid groups (broad SMARTS) is 1. The Bertz CT molecular complexity index is 760. The minimum absolute atomic E-state index is 0.112. The lowest BCUT2D eigenvalue weighted by Crippen LogP contribution is -2.21. The maximum absolute atomic E-state index is 10.9. The first-order chi connectivity index (χ1) is 11.3. The monoisotopic (exact) mass is 351 g/mol. The van der Waals surface area contributed by atoms with Crippen LogP contribution in [0, 0.1) is 0 Å². The van der Waals surface area contributed by atoms with Crippen LogP contribution < -0.4 is 5.14 Å². The summed E-state index contributed by atoms with van der Waals surface area (Å²) in [5.74, 6) is -1.68. The Morgan fingerprint density at radius 1 is 0.875 bits per heavy atom. The fourth-order valence-corrected chi connectivity index (χ4v) is 2.01. The third-order valence-corrected chi connectivity index (χ3v) is 3.02. The summed E-state index contributed by atoms with van der Waals surface area (Å²) < 4.78 is 24.7. The molecule has 0 saturated heterocycles. The van der Waals surface area contributed by atoms with E-state index in [1.54, 1.807) is 42.5 Å². The van der Waals surface area contributed by atoms with Gasteiger partial charge in [0.15, 0.2) is 0 Å². The third-order valence-electron chi connectivity index (χ3n) is 2.60. The molecule has 7 nitrogen and oxygen atoms in total. The predicted octanol–water partition coefficient (Wildman–Crippen LogP) is 1.29. The van der Waals surface area contributed by atoms with Crippen LogP contribution in [-0.2, 0) is 36.9 Å². The van der Waals surface area contributed by atoms with E-state index in [0.29, 0.717) is 5.56 Å². The largest absolute Gasteiger partial charge is 0.481 e. The number of carboxylic acids is 1. The number of hydrogen-bond acceptors (Lipinski definition) is 5. The van der Waals surface area contributed by atoms with Crippen LogP contribution in [0.5, 0.6) is 0 Å². The van der Waals surface area contributed by atoms with Gasteiger partial charge in [-0.1, -0.05) is 60.7 Å². The molecule has 3 N–H and O–H groups in total. The lowest BCUT2D eigenvalue weighted by Gasteiger charge is -2.00. The normalized spacial score (nSPS) is 10.2. The zero-order valence-electron chi connectivity index (χ0n) is 12.7. The van der Waals surface area contributed by atoms with Gasteiger partial charge in [-0.15, -0.1) is 0 Å². The Labute approximate surface area is 139 Å². The first kappa shape index (κ1) is 19.3. The Kier molecular flexibility index (Phi) is 7.60. The van der Waals surface area contributed by atoms with Crippen LogP contribution in [0.25, 0.3) is 0 Å². The van der Waals surface area contributed by atoms with E-state index in [-0.39, 0.29) is 12.8 Å². The summed E-state index contributed by atoms with van der Waals surface area (Å²) in [4.78, 5) is 21.1. The second-order valence-electron chi connectivity index (χ2n) is 4.67. The molecule has 128 valence electrons. The van der Waals surface area contributed by atoms with E-state index in [2.05, 4.69) is 9.32 Å². The summed E-state index contributed by atoms with van der Waals surface area (Å²) in [6.07, 6.45) is -0.00188. The number of carbonyl (C=O) groups excluding carboxylic acids is 1. The van der Waals surface area contributed by atoms with Crippen LogP contribution in [0.2, 0.25) is 0 Å². The Morgan fingerprint density at radius 2 is 1.29 bits per heavy atom. The molecular formula is C16H17NO6S. The molecule has 0 saturated carbocycles. The highest BCUT2D eigenvalue weighted by Gasteiger charge is 2.11. The molecule has 0 unspecified atom stereocenters. The molecule has 0 aliphatic heterocycles. The summed E-state index contributed by atoms with van der Waals surface area (Å²) >= 11 is 0. The van der Waals surface area contributed by atoms with E-state index >= 15 is 0 Å². The van der Waals surface area contributed by atoms with Crippen molar-refractivity contribution in [2.45, 2.75) is 12.8 Å². The third kappa shape index (κ3) is 9.34. The molecule has 2 aromatic rings. The second-order valence-corrected chi connectivity index (χ2v) is 5.82. The van der Waals surface area contributed by atoms with Crippen molar-refractivity contribution in [1.82, 2.24) is 0 Å². The fraction of sp³-hybridized carbons (Fsp3) is 0.125. The lowest BCUT2D eigenvalue weighted by molar-refractivity contribution is -0.136. The summed E-state index contributed by atoms with van der Waals surface area (Å²) in [6, 6.07) is 17.8. The first-order valence-electron chi connectivity index (χ1n) is 6.81. The van der Waals surface area contributed by atoms with Gasteiger partial charge in [0, 0.05) is 0 Å². The summed E-state index contributed by atoms with van der Waals surface area (Å²) in [6.45, 7) is 0. The Hall–Kier alpha value is -2.71. The quantitative estimate of drug-likeness (QED) is 0.836. The molecule has 0 heterocycles. The van der Waals surface area contributed by atoms with Gasteiger partial charge in [-0.05, 0) is 11.1 Å². The van der Waals surface area contributed by atoms with Crippen molar-refractivity contribution in [3.63, 3.8) is 0 Å². The molecule has 0 bridgehead atoms. The zero-order valence-corrected chi connectivity index (χ0v) is 13.5. The molecule has 0 aromatic heterocycles. The summed E-state index contributed by atoms with van der Waals surface area (Å²) in [5, 5.41) is 12.9. The van der Waals surface area contributed by atoms with Gasteiger partial charge in [-0.2, -0.15) is 13.6 Å². The van der Waals surface area contributed by atoms with E-state index in [4.69, 9.17) is 5.11 Å². The molecule has 8 heteroatoms. The van der Waals surface area contributed by atoms with E-state index in [1.165, 1.54) is 0 Å². The van der Waals surface area contributed by atoms with Gasteiger partial charge >= 0.3 is 22.2 Å². The number of carbonyl (C=O) groups is 2. The highest BCUT2D eigenvalue weighted by molar-refractivity contribution is 7.84. The molecule has 0 atom stereocenters. The molecule has 0 fully saturated rings. The topological polar surface area (TPSA) is 124 Å². The van der Waals surface area contributed by atoms with Crippen LogP contribution in [0.15, 0.2) is 60.7 Å². The standard InChI is InChI=1S/C8H9NO4S.C8H8O2/c9-14(11,12)13-8(10)6-7-4-2-1-3-5-7;9-8(10)6-7-4-2-1-3-5-7/h1-5H,6H2,(H2,9,11,12);1-5H,6H2,(H,9,10).